The standard InChI is InChI=1S/C18H28N2.ClH/c1-15-4-6-16(7-5-15)18(3)9-11-20(14-18)13-17(2)8-10-19-12-17;/h4-7,19H,8-14H2,1-3H3;1H. The SMILES string of the molecule is Cc1ccc(C2(C)CCN(CC3(C)CCNC3)C2)cc1.Cl. The Kier molecular flexibility index (Phi) is 5.02. The first-order valence-electron chi connectivity index (χ1n) is 7.99. The second-order valence-corrected chi connectivity index (χ2v) is 7.62. The normalized spacial score (nSPS) is 33.1. The van der Waals surface area contributed by atoms with Gasteiger partial charge in [0.2, 0.25) is 0 Å². The molecule has 0 saturated carbocycles. The van der Waals surface area contributed by atoms with Gasteiger partial charge in [0.25, 0.3) is 0 Å². The molecule has 2 unspecified atom stereocenters. The van der Waals surface area contributed by atoms with Crippen LogP contribution in [0.5, 0.6) is 0 Å². The zero-order valence-electron chi connectivity index (χ0n) is 13.6. The fraction of sp³-hybridized carbons (Fsp3) is 0.667. The lowest BCUT2D eigenvalue weighted by atomic mass is 9.81. The maximum absolute atomic E-state index is 3.52. The smallest absolute Gasteiger partial charge is 0.00767 e. The predicted octanol–water partition coefficient (Wildman–Crippen LogP) is 3.38. The summed E-state index contributed by atoms with van der Waals surface area (Å²) in [7, 11) is 0. The molecule has 0 spiro atoms. The number of likely N-dealkylation sites (tertiary alicyclic amines) is 1. The molecule has 0 bridgehead atoms. The molecule has 0 aliphatic carbocycles. The maximum atomic E-state index is 3.52. The van der Waals surface area contributed by atoms with Crippen molar-refractivity contribution in [3.8, 4) is 0 Å². The zero-order chi connectivity index (χ0) is 14.2. The van der Waals surface area contributed by atoms with E-state index < -0.39 is 0 Å². The Balaban J connectivity index is 0.00000161. The Labute approximate surface area is 135 Å². The number of aryl methyl sites for hydroxylation is 1. The summed E-state index contributed by atoms with van der Waals surface area (Å²) in [5, 5.41) is 3.52. The number of nitrogens with one attached hydrogen (secondary N) is 1. The molecule has 118 valence electrons. The molecule has 2 nitrogen and oxygen atoms in total. The van der Waals surface area contributed by atoms with Gasteiger partial charge in [-0.05, 0) is 43.8 Å². The van der Waals surface area contributed by atoms with E-state index in [1.165, 1.54) is 56.7 Å². The van der Waals surface area contributed by atoms with Crippen molar-refractivity contribution in [2.45, 2.75) is 39.0 Å². The molecule has 2 fully saturated rings. The Morgan fingerprint density at radius 1 is 1.14 bits per heavy atom. The number of halogens is 1. The maximum Gasteiger partial charge on any atom is 0.00767 e. The van der Waals surface area contributed by atoms with Crippen LogP contribution in [-0.4, -0.2) is 37.6 Å². The first kappa shape index (κ1) is 16.8. The van der Waals surface area contributed by atoms with Crippen LogP contribution in [-0.2, 0) is 5.41 Å². The molecule has 2 saturated heterocycles. The molecular weight excluding hydrogens is 280 g/mol. The van der Waals surface area contributed by atoms with Crippen molar-refractivity contribution >= 4 is 12.4 Å². The number of nitrogens with zero attached hydrogens (tertiary/aromatic N) is 1. The van der Waals surface area contributed by atoms with E-state index >= 15 is 0 Å². The van der Waals surface area contributed by atoms with Crippen molar-refractivity contribution in [1.82, 2.24) is 10.2 Å². The average Bonchev–Trinajstić information content (AvgIpc) is 2.98. The van der Waals surface area contributed by atoms with Crippen LogP contribution in [0.25, 0.3) is 0 Å². The molecule has 2 aliphatic heterocycles. The minimum Gasteiger partial charge on any atom is -0.316 e. The monoisotopic (exact) mass is 308 g/mol. The minimum atomic E-state index is 0. The quantitative estimate of drug-likeness (QED) is 0.921. The van der Waals surface area contributed by atoms with Gasteiger partial charge in [0.15, 0.2) is 0 Å². The lowest BCUT2D eigenvalue weighted by Gasteiger charge is -2.31. The topological polar surface area (TPSA) is 15.3 Å². The fourth-order valence-electron chi connectivity index (χ4n) is 3.93. The van der Waals surface area contributed by atoms with Gasteiger partial charge in [-0.3, -0.25) is 0 Å². The molecule has 0 radical (unpaired) electrons. The second-order valence-electron chi connectivity index (χ2n) is 7.62. The zero-order valence-corrected chi connectivity index (χ0v) is 14.4. The number of hydrogen-bond donors (Lipinski definition) is 1. The van der Waals surface area contributed by atoms with Gasteiger partial charge in [-0.15, -0.1) is 12.4 Å². The van der Waals surface area contributed by atoms with Crippen LogP contribution in [0.15, 0.2) is 24.3 Å². The molecule has 2 aliphatic rings. The molecule has 3 rings (SSSR count). The first-order chi connectivity index (χ1) is 9.49. The molecule has 0 aromatic heterocycles. The third-order valence-electron chi connectivity index (χ3n) is 5.36. The lowest BCUT2D eigenvalue weighted by Crippen LogP contribution is -2.37. The second kappa shape index (κ2) is 6.28. The van der Waals surface area contributed by atoms with E-state index in [1.807, 2.05) is 0 Å². The van der Waals surface area contributed by atoms with Crippen LogP contribution in [0, 0.1) is 12.3 Å². The number of rotatable bonds is 3. The van der Waals surface area contributed by atoms with Crippen LogP contribution in [0.3, 0.4) is 0 Å². The molecule has 1 N–H and O–H groups in total. The molecule has 1 aromatic rings. The highest BCUT2D eigenvalue weighted by Gasteiger charge is 2.39. The van der Waals surface area contributed by atoms with Gasteiger partial charge in [0.05, 0.1) is 0 Å². The summed E-state index contributed by atoms with van der Waals surface area (Å²) < 4.78 is 0. The van der Waals surface area contributed by atoms with Crippen LogP contribution in [0.2, 0.25) is 0 Å². The van der Waals surface area contributed by atoms with E-state index in [0.717, 1.165) is 0 Å². The highest BCUT2D eigenvalue weighted by Crippen LogP contribution is 2.36. The van der Waals surface area contributed by atoms with Gasteiger partial charge >= 0.3 is 0 Å². The summed E-state index contributed by atoms with van der Waals surface area (Å²) in [6.07, 6.45) is 2.62. The van der Waals surface area contributed by atoms with Crippen LogP contribution >= 0.6 is 12.4 Å². The van der Waals surface area contributed by atoms with Crippen LogP contribution in [0.4, 0.5) is 0 Å². The Morgan fingerprint density at radius 2 is 1.86 bits per heavy atom. The Hall–Kier alpha value is -0.570. The minimum absolute atomic E-state index is 0. The van der Waals surface area contributed by atoms with Gasteiger partial charge in [-0.25, -0.2) is 0 Å². The van der Waals surface area contributed by atoms with Crippen molar-refractivity contribution in [1.29, 1.82) is 0 Å². The average molecular weight is 309 g/mol. The summed E-state index contributed by atoms with van der Waals surface area (Å²) in [6.45, 7) is 13.1. The highest BCUT2D eigenvalue weighted by molar-refractivity contribution is 5.85. The molecule has 1 aromatic carbocycles. The predicted molar refractivity (Wildman–Crippen MR) is 92.4 cm³/mol. The molecule has 2 atom stereocenters. The summed E-state index contributed by atoms with van der Waals surface area (Å²) in [5.41, 5.74) is 3.70. The molecule has 21 heavy (non-hydrogen) atoms. The van der Waals surface area contributed by atoms with Crippen molar-refractivity contribution in [3.63, 3.8) is 0 Å². The van der Waals surface area contributed by atoms with E-state index in [9.17, 15) is 0 Å². The third kappa shape index (κ3) is 3.61. The van der Waals surface area contributed by atoms with Gasteiger partial charge in [0, 0.05) is 25.0 Å². The van der Waals surface area contributed by atoms with Gasteiger partial charge < -0.3 is 10.2 Å². The van der Waals surface area contributed by atoms with Crippen molar-refractivity contribution in [2.75, 3.05) is 32.7 Å². The van der Waals surface area contributed by atoms with Gasteiger partial charge in [-0.2, -0.15) is 0 Å². The summed E-state index contributed by atoms with van der Waals surface area (Å²) in [4.78, 5) is 2.69. The molecule has 3 heteroatoms. The number of hydrogen-bond acceptors (Lipinski definition) is 2. The molecule has 0 amide bonds. The van der Waals surface area contributed by atoms with Gasteiger partial charge in [-0.1, -0.05) is 43.7 Å². The van der Waals surface area contributed by atoms with Crippen molar-refractivity contribution < 1.29 is 0 Å². The van der Waals surface area contributed by atoms with Crippen molar-refractivity contribution in [3.05, 3.63) is 35.4 Å². The highest BCUT2D eigenvalue weighted by atomic mass is 35.5. The third-order valence-corrected chi connectivity index (χ3v) is 5.36. The summed E-state index contributed by atoms with van der Waals surface area (Å²) in [5.74, 6) is 0. The van der Waals surface area contributed by atoms with Crippen molar-refractivity contribution in [2.24, 2.45) is 5.41 Å². The molecule has 2 heterocycles. The molecular formula is C18H29ClN2. The fourth-order valence-corrected chi connectivity index (χ4v) is 3.93. The summed E-state index contributed by atoms with van der Waals surface area (Å²) in [6, 6.07) is 9.17. The Morgan fingerprint density at radius 3 is 2.48 bits per heavy atom. The van der Waals surface area contributed by atoms with Crippen LogP contribution in [0.1, 0.15) is 37.8 Å². The Bertz CT molecular complexity index is 465. The van der Waals surface area contributed by atoms with Crippen LogP contribution < -0.4 is 5.32 Å². The van der Waals surface area contributed by atoms with Gasteiger partial charge in [0.1, 0.15) is 0 Å². The number of benzene rings is 1. The van der Waals surface area contributed by atoms with E-state index in [2.05, 4.69) is 55.3 Å². The van der Waals surface area contributed by atoms with E-state index in [0.29, 0.717) is 10.8 Å². The van der Waals surface area contributed by atoms with E-state index in [-0.39, 0.29) is 12.4 Å². The van der Waals surface area contributed by atoms with E-state index in [4.69, 9.17) is 0 Å². The largest absolute Gasteiger partial charge is 0.316 e. The summed E-state index contributed by atoms with van der Waals surface area (Å²) >= 11 is 0. The lowest BCUT2D eigenvalue weighted by molar-refractivity contribution is 0.201. The first-order valence-corrected chi connectivity index (χ1v) is 7.99. The van der Waals surface area contributed by atoms with E-state index in [1.54, 1.807) is 0 Å².